The summed E-state index contributed by atoms with van der Waals surface area (Å²) < 4.78 is 5.53. The van der Waals surface area contributed by atoms with Gasteiger partial charge in [0.2, 0.25) is 0 Å². The van der Waals surface area contributed by atoms with Crippen LogP contribution in [0.25, 0.3) is 0 Å². The molecule has 3 heteroatoms. The molecule has 0 aromatic heterocycles. The summed E-state index contributed by atoms with van der Waals surface area (Å²) in [5.41, 5.74) is 0. The van der Waals surface area contributed by atoms with Crippen LogP contribution in [0.3, 0.4) is 0 Å². The van der Waals surface area contributed by atoms with Gasteiger partial charge in [-0.15, -0.1) is 0 Å². The molecule has 0 N–H and O–H groups in total. The minimum atomic E-state index is -1.22. The van der Waals surface area contributed by atoms with E-state index in [-0.39, 0.29) is 0 Å². The van der Waals surface area contributed by atoms with Crippen molar-refractivity contribution in [3.63, 3.8) is 0 Å². The second-order valence-electron chi connectivity index (χ2n) is 4.41. The average molecular weight is 230 g/mol. The van der Waals surface area contributed by atoms with Crippen LogP contribution in [-0.2, 0) is 4.43 Å². The van der Waals surface area contributed by atoms with E-state index in [1.54, 1.807) is 0 Å². The molecule has 0 atom stereocenters. The van der Waals surface area contributed by atoms with Crippen LogP contribution in [0.5, 0.6) is 0 Å². The number of hydrogen-bond donors (Lipinski definition) is 0. The predicted molar refractivity (Wildman–Crippen MR) is 68.4 cm³/mol. The molecule has 0 aromatic rings. The third kappa shape index (κ3) is 8.97. The molecule has 0 aliphatic rings. The highest BCUT2D eigenvalue weighted by molar-refractivity contribution is 7.20. The summed E-state index contributed by atoms with van der Waals surface area (Å²) in [5, 5.41) is 0. The van der Waals surface area contributed by atoms with E-state index in [9.17, 15) is 0 Å². The normalized spacial score (nSPS) is 12.0. The van der Waals surface area contributed by atoms with Gasteiger partial charge in [-0.25, -0.2) is 0 Å². The average Bonchev–Trinajstić information content (AvgIpc) is 2.16. The zero-order chi connectivity index (χ0) is 10.9. The first-order valence-corrected chi connectivity index (χ1v) is 11.0. The van der Waals surface area contributed by atoms with Gasteiger partial charge >= 0.3 is 0 Å². The fourth-order valence-corrected chi connectivity index (χ4v) is 5.31. The molecule has 0 aliphatic heterocycles. The van der Waals surface area contributed by atoms with Gasteiger partial charge in [0, 0.05) is 7.11 Å². The van der Waals surface area contributed by atoms with Crippen LogP contribution < -0.4 is 0 Å². The van der Waals surface area contributed by atoms with Gasteiger partial charge in [-0.1, -0.05) is 51.5 Å². The van der Waals surface area contributed by atoms with Crippen LogP contribution in [0, 0.1) is 0 Å². The Morgan fingerprint density at radius 2 is 1.57 bits per heavy atom. The van der Waals surface area contributed by atoms with Gasteiger partial charge in [-0.3, -0.25) is 0 Å². The fourth-order valence-electron chi connectivity index (χ4n) is 1.37. The molecule has 0 rings (SSSR count). The van der Waals surface area contributed by atoms with Gasteiger partial charge in [0.25, 0.3) is 0 Å². The first-order valence-electron chi connectivity index (χ1n) is 5.92. The van der Waals surface area contributed by atoms with Crippen molar-refractivity contribution in [3.8, 4) is 0 Å². The third-order valence-corrected chi connectivity index (χ3v) is 8.98. The van der Waals surface area contributed by atoms with Crippen molar-refractivity contribution in [2.75, 3.05) is 7.11 Å². The van der Waals surface area contributed by atoms with E-state index in [4.69, 9.17) is 4.43 Å². The summed E-state index contributed by atoms with van der Waals surface area (Å²) in [5.74, 6) is 0. The molecule has 14 heavy (non-hydrogen) atoms. The van der Waals surface area contributed by atoms with Gasteiger partial charge in [-0.2, -0.15) is 0 Å². The Bertz CT molecular complexity index is 126. The molecule has 0 bridgehead atoms. The largest absolute Gasteiger partial charge is 0.424 e. The number of rotatable bonds is 9. The fraction of sp³-hybridized carbons (Fsp3) is 1.00. The van der Waals surface area contributed by atoms with Gasteiger partial charge in [0.1, 0.15) is 0 Å². The lowest BCUT2D eigenvalue weighted by Crippen LogP contribution is -2.36. The predicted octanol–water partition coefficient (Wildman–Crippen LogP) is 3.82. The van der Waals surface area contributed by atoms with E-state index in [0.717, 1.165) is 9.04 Å². The molecule has 0 aliphatic carbocycles. The maximum absolute atomic E-state index is 5.53. The van der Waals surface area contributed by atoms with Crippen molar-refractivity contribution in [3.05, 3.63) is 0 Å². The summed E-state index contributed by atoms with van der Waals surface area (Å²) in [6.07, 6.45) is 8.49. The van der Waals surface area contributed by atoms with Crippen LogP contribution in [0.1, 0.15) is 45.4 Å². The van der Waals surface area contributed by atoms with Crippen LogP contribution in [-0.4, -0.2) is 24.0 Å². The molecule has 84 valence electrons. The van der Waals surface area contributed by atoms with Crippen molar-refractivity contribution in [2.24, 2.45) is 0 Å². The quantitative estimate of drug-likeness (QED) is 0.432. The van der Waals surface area contributed by atoms with Gasteiger partial charge in [0.05, 0.1) is 9.04 Å². The van der Waals surface area contributed by atoms with Gasteiger partial charge < -0.3 is 4.43 Å². The molecule has 2 radical (unpaired) electrons. The van der Waals surface area contributed by atoms with Gasteiger partial charge in [0.15, 0.2) is 7.83 Å². The van der Waals surface area contributed by atoms with E-state index in [1.807, 2.05) is 7.11 Å². The number of hydrogen-bond acceptors (Lipinski definition) is 1. The third-order valence-electron chi connectivity index (χ3n) is 2.59. The topological polar surface area (TPSA) is 9.23 Å². The molecule has 0 heterocycles. The molecule has 0 amide bonds. The lowest BCUT2D eigenvalue weighted by molar-refractivity contribution is 0.421. The maximum atomic E-state index is 5.53. The lowest BCUT2D eigenvalue weighted by atomic mass is 10.1. The Balaban J connectivity index is 3.13. The molecule has 0 saturated carbocycles. The molecule has 0 unspecified atom stereocenters. The maximum Gasteiger partial charge on any atom is 0.168 e. The van der Waals surface area contributed by atoms with E-state index >= 15 is 0 Å². The number of unbranched alkanes of at least 4 members (excludes halogenated alkanes) is 5. The molecule has 0 aromatic carbocycles. The summed E-state index contributed by atoms with van der Waals surface area (Å²) in [6.45, 7) is 6.92. The molecular weight excluding hydrogens is 204 g/mol. The van der Waals surface area contributed by atoms with Crippen molar-refractivity contribution < 1.29 is 4.43 Å². The van der Waals surface area contributed by atoms with E-state index in [1.165, 1.54) is 44.6 Å². The summed E-state index contributed by atoms with van der Waals surface area (Å²) in [4.78, 5) is 0. The first kappa shape index (κ1) is 14.4. The van der Waals surface area contributed by atoms with Gasteiger partial charge in [-0.05, 0) is 13.1 Å². The highest BCUT2D eigenvalue weighted by Crippen LogP contribution is 2.09. The monoisotopic (exact) mass is 230 g/mol. The molecular formula is C11H26OSi2. The molecule has 1 nitrogen and oxygen atoms in total. The SMILES string of the molecule is CCCCCCCC[Si][Si](C)(C)OC. The second-order valence-corrected chi connectivity index (χ2v) is 13.4. The Morgan fingerprint density at radius 3 is 2.14 bits per heavy atom. The minimum absolute atomic E-state index is 1.09. The van der Waals surface area contributed by atoms with E-state index in [0.29, 0.717) is 0 Å². The van der Waals surface area contributed by atoms with Crippen LogP contribution in [0.4, 0.5) is 0 Å². The second kappa shape index (κ2) is 8.68. The molecule has 0 saturated heterocycles. The smallest absolute Gasteiger partial charge is 0.168 e. The minimum Gasteiger partial charge on any atom is -0.424 e. The van der Waals surface area contributed by atoms with Crippen molar-refractivity contribution in [2.45, 2.75) is 64.6 Å². The van der Waals surface area contributed by atoms with Crippen LogP contribution in [0.15, 0.2) is 0 Å². The lowest BCUT2D eigenvalue weighted by Gasteiger charge is -2.18. The zero-order valence-electron chi connectivity index (χ0n) is 10.4. The van der Waals surface area contributed by atoms with Crippen molar-refractivity contribution in [1.29, 1.82) is 0 Å². The Morgan fingerprint density at radius 1 is 1.00 bits per heavy atom. The van der Waals surface area contributed by atoms with Crippen molar-refractivity contribution in [1.82, 2.24) is 0 Å². The molecule has 0 spiro atoms. The molecule has 0 fully saturated rings. The van der Waals surface area contributed by atoms with Crippen LogP contribution in [0.2, 0.25) is 19.1 Å². The van der Waals surface area contributed by atoms with Crippen molar-refractivity contribution >= 4 is 16.9 Å². The Kier molecular flexibility index (Phi) is 8.93. The van der Waals surface area contributed by atoms with Crippen LogP contribution >= 0.6 is 0 Å². The highest BCUT2D eigenvalue weighted by atomic mass is 29.2. The Hall–Kier alpha value is 0.394. The summed E-state index contributed by atoms with van der Waals surface area (Å²) in [7, 11) is 1.74. The Labute approximate surface area is 93.4 Å². The standard InChI is InChI=1S/C11H26OSi2/c1-5-6-7-8-9-10-11-13-14(3,4)12-2/h5-11H2,1-4H3. The highest BCUT2D eigenvalue weighted by Gasteiger charge is 2.19. The first-order chi connectivity index (χ1) is 6.62. The van der Waals surface area contributed by atoms with E-state index in [2.05, 4.69) is 20.0 Å². The summed E-state index contributed by atoms with van der Waals surface area (Å²) in [6, 6.07) is 1.40. The zero-order valence-corrected chi connectivity index (χ0v) is 12.4. The summed E-state index contributed by atoms with van der Waals surface area (Å²) >= 11 is 0. The van der Waals surface area contributed by atoms with E-state index < -0.39 is 7.83 Å².